The minimum Gasteiger partial charge on any atom is -0.398 e. The molecule has 3 N–H and O–H groups in total. The van der Waals surface area contributed by atoms with Crippen molar-refractivity contribution in [2.45, 2.75) is 19.8 Å². The van der Waals surface area contributed by atoms with Gasteiger partial charge in [-0.25, -0.2) is 0 Å². The molecule has 2 aromatic rings. The zero-order valence-electron chi connectivity index (χ0n) is 11.5. The summed E-state index contributed by atoms with van der Waals surface area (Å²) in [5.74, 6) is 0.0985. The predicted molar refractivity (Wildman–Crippen MR) is 84.3 cm³/mol. The van der Waals surface area contributed by atoms with Gasteiger partial charge in [-0.3, -0.25) is 4.79 Å². The van der Waals surface area contributed by atoms with Crippen molar-refractivity contribution in [1.29, 1.82) is 0 Å². The van der Waals surface area contributed by atoms with Crippen LogP contribution in [0, 0.1) is 0 Å². The molecule has 3 nitrogen and oxygen atoms in total. The summed E-state index contributed by atoms with van der Waals surface area (Å²) in [6.07, 6.45) is 0. The van der Waals surface area contributed by atoms with Crippen LogP contribution in [0.25, 0.3) is 0 Å². The first-order chi connectivity index (χ1) is 9.49. The Morgan fingerprint density at radius 2 is 1.90 bits per heavy atom. The van der Waals surface area contributed by atoms with Gasteiger partial charge in [-0.05, 0) is 35.7 Å². The van der Waals surface area contributed by atoms with Crippen molar-refractivity contribution >= 4 is 28.9 Å². The van der Waals surface area contributed by atoms with E-state index in [4.69, 9.17) is 17.3 Å². The predicted octanol–water partition coefficient (Wildman–Crippen LogP) is 4.30. The maximum Gasteiger partial charge on any atom is 0.257 e. The molecule has 0 bridgehead atoms. The van der Waals surface area contributed by atoms with E-state index in [1.165, 1.54) is 0 Å². The highest BCUT2D eigenvalue weighted by Crippen LogP contribution is 2.25. The number of carbonyl (C=O) groups excluding carboxylic acids is 1. The van der Waals surface area contributed by atoms with Crippen LogP contribution in [0.3, 0.4) is 0 Å². The molecule has 0 radical (unpaired) electrons. The second kappa shape index (κ2) is 5.97. The minimum absolute atomic E-state index is 0.229. The van der Waals surface area contributed by atoms with Crippen LogP contribution in [0.1, 0.15) is 35.7 Å². The Labute approximate surface area is 123 Å². The van der Waals surface area contributed by atoms with Gasteiger partial charge in [0.05, 0.1) is 5.56 Å². The molecule has 0 aliphatic heterocycles. The molecule has 0 saturated heterocycles. The summed E-state index contributed by atoms with van der Waals surface area (Å²) in [4.78, 5) is 12.3. The van der Waals surface area contributed by atoms with Crippen molar-refractivity contribution in [3.8, 4) is 0 Å². The zero-order chi connectivity index (χ0) is 14.7. The average Bonchev–Trinajstić information content (AvgIpc) is 2.38. The molecule has 0 unspecified atom stereocenters. The number of halogens is 1. The maximum atomic E-state index is 12.3. The quantitative estimate of drug-likeness (QED) is 0.828. The molecule has 2 rings (SSSR count). The number of para-hydroxylation sites is 1. The Balaban J connectivity index is 2.28. The van der Waals surface area contributed by atoms with Crippen LogP contribution < -0.4 is 11.1 Å². The normalized spacial score (nSPS) is 10.6. The fourth-order valence-corrected chi connectivity index (χ4v) is 2.22. The largest absolute Gasteiger partial charge is 0.398 e. The van der Waals surface area contributed by atoms with Gasteiger partial charge in [0, 0.05) is 16.4 Å². The van der Waals surface area contributed by atoms with Gasteiger partial charge in [0.1, 0.15) is 0 Å². The molecule has 0 atom stereocenters. The smallest absolute Gasteiger partial charge is 0.257 e. The first kappa shape index (κ1) is 14.4. The van der Waals surface area contributed by atoms with Crippen LogP contribution in [0.5, 0.6) is 0 Å². The van der Waals surface area contributed by atoms with E-state index in [1.807, 2.05) is 24.3 Å². The number of nitrogen functional groups attached to an aromatic ring is 1. The van der Waals surface area contributed by atoms with Gasteiger partial charge in [0.25, 0.3) is 5.91 Å². The summed E-state index contributed by atoms with van der Waals surface area (Å²) in [6.45, 7) is 4.17. The van der Waals surface area contributed by atoms with E-state index >= 15 is 0 Å². The van der Waals surface area contributed by atoms with E-state index in [2.05, 4.69) is 19.2 Å². The van der Waals surface area contributed by atoms with E-state index in [0.29, 0.717) is 22.2 Å². The molecule has 0 spiro atoms. The van der Waals surface area contributed by atoms with E-state index < -0.39 is 0 Å². The minimum atomic E-state index is -0.229. The highest BCUT2D eigenvalue weighted by Gasteiger charge is 2.13. The van der Waals surface area contributed by atoms with Crippen molar-refractivity contribution in [2.24, 2.45) is 0 Å². The van der Waals surface area contributed by atoms with E-state index in [0.717, 1.165) is 11.3 Å². The monoisotopic (exact) mass is 288 g/mol. The molecule has 0 saturated carbocycles. The SMILES string of the molecule is CC(C)c1ccccc1NC(=O)c1ccc(Cl)cc1N. The number of hydrogen-bond acceptors (Lipinski definition) is 2. The Morgan fingerprint density at radius 1 is 1.20 bits per heavy atom. The lowest BCUT2D eigenvalue weighted by Gasteiger charge is -2.14. The lowest BCUT2D eigenvalue weighted by molar-refractivity contribution is 0.102. The van der Waals surface area contributed by atoms with Gasteiger partial charge in [-0.15, -0.1) is 0 Å². The molecule has 104 valence electrons. The first-order valence-corrected chi connectivity index (χ1v) is 6.82. The van der Waals surface area contributed by atoms with Crippen molar-refractivity contribution in [1.82, 2.24) is 0 Å². The third kappa shape index (κ3) is 3.11. The number of anilines is 2. The molecule has 1 amide bonds. The Hall–Kier alpha value is -2.00. The molecule has 2 aromatic carbocycles. The summed E-state index contributed by atoms with van der Waals surface area (Å²) >= 11 is 5.84. The molecule has 4 heteroatoms. The number of hydrogen-bond donors (Lipinski definition) is 2. The van der Waals surface area contributed by atoms with Gasteiger partial charge < -0.3 is 11.1 Å². The fraction of sp³-hybridized carbons (Fsp3) is 0.188. The van der Waals surface area contributed by atoms with Crippen LogP contribution in [-0.2, 0) is 0 Å². The Bertz CT molecular complexity index is 638. The first-order valence-electron chi connectivity index (χ1n) is 6.44. The molecule has 0 fully saturated rings. The summed E-state index contributed by atoms with van der Waals surface area (Å²) in [5.41, 5.74) is 8.52. The van der Waals surface area contributed by atoms with Crippen LogP contribution in [-0.4, -0.2) is 5.91 Å². The third-order valence-corrected chi connectivity index (χ3v) is 3.32. The van der Waals surface area contributed by atoms with E-state index in [1.54, 1.807) is 18.2 Å². The Kier molecular flexibility index (Phi) is 4.30. The Morgan fingerprint density at radius 3 is 2.55 bits per heavy atom. The maximum absolute atomic E-state index is 12.3. The molecule has 0 aliphatic carbocycles. The van der Waals surface area contributed by atoms with Crippen molar-refractivity contribution in [3.05, 3.63) is 58.6 Å². The molecule has 0 aromatic heterocycles. The highest BCUT2D eigenvalue weighted by molar-refractivity contribution is 6.31. The van der Waals surface area contributed by atoms with Crippen LogP contribution in [0.15, 0.2) is 42.5 Å². The molecule has 0 heterocycles. The molecular weight excluding hydrogens is 272 g/mol. The number of amides is 1. The second-order valence-electron chi connectivity index (χ2n) is 4.93. The van der Waals surface area contributed by atoms with Crippen molar-refractivity contribution in [3.63, 3.8) is 0 Å². The van der Waals surface area contributed by atoms with Crippen LogP contribution >= 0.6 is 11.6 Å². The van der Waals surface area contributed by atoms with Gasteiger partial charge >= 0.3 is 0 Å². The second-order valence-corrected chi connectivity index (χ2v) is 5.36. The number of nitrogens with two attached hydrogens (primary N) is 1. The van der Waals surface area contributed by atoms with Crippen molar-refractivity contribution < 1.29 is 4.79 Å². The molecule has 20 heavy (non-hydrogen) atoms. The van der Waals surface area contributed by atoms with E-state index in [-0.39, 0.29) is 5.91 Å². The van der Waals surface area contributed by atoms with Gasteiger partial charge in [-0.1, -0.05) is 43.6 Å². The molecular formula is C16H17ClN2O. The highest BCUT2D eigenvalue weighted by atomic mass is 35.5. The summed E-state index contributed by atoms with van der Waals surface area (Å²) < 4.78 is 0. The zero-order valence-corrected chi connectivity index (χ0v) is 12.2. The van der Waals surface area contributed by atoms with Gasteiger partial charge in [0.15, 0.2) is 0 Å². The van der Waals surface area contributed by atoms with E-state index in [9.17, 15) is 4.79 Å². The van der Waals surface area contributed by atoms with Crippen molar-refractivity contribution in [2.75, 3.05) is 11.1 Å². The lowest BCUT2D eigenvalue weighted by atomic mass is 10.0. The molecule has 0 aliphatic rings. The summed E-state index contributed by atoms with van der Waals surface area (Å²) in [6, 6.07) is 12.6. The number of rotatable bonds is 3. The summed E-state index contributed by atoms with van der Waals surface area (Å²) in [5, 5.41) is 3.42. The fourth-order valence-electron chi connectivity index (χ4n) is 2.04. The van der Waals surface area contributed by atoms with Crippen LogP contribution in [0.2, 0.25) is 5.02 Å². The topological polar surface area (TPSA) is 55.1 Å². The summed E-state index contributed by atoms with van der Waals surface area (Å²) in [7, 11) is 0. The number of carbonyl (C=O) groups is 1. The number of benzene rings is 2. The van der Waals surface area contributed by atoms with Crippen LogP contribution in [0.4, 0.5) is 11.4 Å². The number of nitrogens with one attached hydrogen (secondary N) is 1. The third-order valence-electron chi connectivity index (χ3n) is 3.09. The standard InChI is InChI=1S/C16H17ClN2O/c1-10(2)12-5-3-4-6-15(12)19-16(20)13-8-7-11(17)9-14(13)18/h3-10H,18H2,1-2H3,(H,19,20). The lowest BCUT2D eigenvalue weighted by Crippen LogP contribution is -2.15. The average molecular weight is 289 g/mol. The van der Waals surface area contributed by atoms with Gasteiger partial charge in [-0.2, -0.15) is 0 Å². The van der Waals surface area contributed by atoms with Gasteiger partial charge in [0.2, 0.25) is 0 Å².